The van der Waals surface area contributed by atoms with Gasteiger partial charge in [0, 0.05) is 13.1 Å². The van der Waals surface area contributed by atoms with E-state index in [2.05, 4.69) is 0 Å². The third kappa shape index (κ3) is 4.81. The van der Waals surface area contributed by atoms with Gasteiger partial charge in [-0.05, 0) is 42.0 Å². The smallest absolute Gasteiger partial charge is 0.431 e. The topological polar surface area (TPSA) is 53.2 Å². The lowest BCUT2D eigenvalue weighted by Crippen LogP contribution is -2.40. The van der Waals surface area contributed by atoms with Gasteiger partial charge in [0.25, 0.3) is 5.56 Å². The van der Waals surface area contributed by atoms with Gasteiger partial charge >= 0.3 is 18.0 Å². The fraction of sp³-hybridized carbons (Fsp3) is 0.200. The SMILES string of the molecule is Cn1c(C(F)(F)F)cc(=O)n(-c2ccc(OCc3cccc(C(F)(F)F)c3)cc2)c1=O. The maximum atomic E-state index is 12.9. The van der Waals surface area contributed by atoms with Crippen molar-refractivity contribution in [3.63, 3.8) is 0 Å². The van der Waals surface area contributed by atoms with Crippen molar-refractivity contribution in [2.24, 2.45) is 7.05 Å². The second kappa shape index (κ2) is 7.97. The number of halogens is 6. The van der Waals surface area contributed by atoms with Gasteiger partial charge < -0.3 is 4.74 Å². The van der Waals surface area contributed by atoms with Crippen molar-refractivity contribution in [2.75, 3.05) is 0 Å². The van der Waals surface area contributed by atoms with E-state index in [9.17, 15) is 35.9 Å². The molecule has 0 bridgehead atoms. The fourth-order valence-corrected chi connectivity index (χ4v) is 2.83. The number of nitrogens with zero attached hydrogens (tertiary/aromatic N) is 2. The Kier molecular flexibility index (Phi) is 5.70. The van der Waals surface area contributed by atoms with Crippen molar-refractivity contribution >= 4 is 0 Å². The van der Waals surface area contributed by atoms with E-state index in [0.717, 1.165) is 19.2 Å². The van der Waals surface area contributed by atoms with Crippen LogP contribution in [0.4, 0.5) is 26.3 Å². The molecule has 0 saturated heterocycles. The first-order valence-corrected chi connectivity index (χ1v) is 8.67. The predicted octanol–water partition coefficient (Wildman–Crippen LogP) is 4.15. The number of hydrogen-bond acceptors (Lipinski definition) is 3. The first kappa shape index (κ1) is 22.2. The van der Waals surface area contributed by atoms with Crippen LogP contribution in [0.25, 0.3) is 5.69 Å². The van der Waals surface area contributed by atoms with E-state index in [1.165, 1.54) is 36.4 Å². The maximum absolute atomic E-state index is 12.9. The molecule has 11 heteroatoms. The summed E-state index contributed by atoms with van der Waals surface area (Å²) in [6.07, 6.45) is -9.36. The van der Waals surface area contributed by atoms with Gasteiger partial charge in [-0.2, -0.15) is 26.3 Å². The second-order valence-electron chi connectivity index (χ2n) is 6.52. The monoisotopic (exact) mass is 444 g/mol. The quantitative estimate of drug-likeness (QED) is 0.569. The molecular weight excluding hydrogens is 430 g/mol. The van der Waals surface area contributed by atoms with Crippen LogP contribution in [-0.4, -0.2) is 9.13 Å². The summed E-state index contributed by atoms with van der Waals surface area (Å²) in [6.45, 7) is -0.175. The Hall–Kier alpha value is -3.50. The molecule has 0 amide bonds. The van der Waals surface area contributed by atoms with E-state index in [1.54, 1.807) is 0 Å². The first-order valence-electron chi connectivity index (χ1n) is 8.67. The van der Waals surface area contributed by atoms with E-state index in [4.69, 9.17) is 4.74 Å². The molecule has 0 spiro atoms. The Balaban J connectivity index is 1.83. The lowest BCUT2D eigenvalue weighted by atomic mass is 10.1. The van der Waals surface area contributed by atoms with Crippen molar-refractivity contribution < 1.29 is 31.1 Å². The molecule has 0 atom stereocenters. The number of benzene rings is 2. The van der Waals surface area contributed by atoms with Crippen LogP contribution >= 0.6 is 0 Å². The Morgan fingerprint density at radius 3 is 2.10 bits per heavy atom. The number of ether oxygens (including phenoxy) is 1. The molecule has 2 aromatic carbocycles. The lowest BCUT2D eigenvalue weighted by Gasteiger charge is -2.14. The van der Waals surface area contributed by atoms with Crippen molar-refractivity contribution in [1.29, 1.82) is 0 Å². The molecule has 5 nitrogen and oxygen atoms in total. The van der Waals surface area contributed by atoms with Crippen LogP contribution in [0.15, 0.2) is 64.2 Å². The minimum Gasteiger partial charge on any atom is -0.489 e. The minimum absolute atomic E-state index is 0.00532. The highest BCUT2D eigenvalue weighted by Gasteiger charge is 2.35. The van der Waals surface area contributed by atoms with Crippen LogP contribution in [-0.2, 0) is 26.0 Å². The van der Waals surface area contributed by atoms with Crippen LogP contribution in [0.3, 0.4) is 0 Å². The average molecular weight is 444 g/mol. The molecule has 0 saturated carbocycles. The zero-order chi connectivity index (χ0) is 23.0. The molecule has 0 unspecified atom stereocenters. The molecule has 3 aromatic rings. The molecule has 31 heavy (non-hydrogen) atoms. The van der Waals surface area contributed by atoms with E-state index < -0.39 is 34.9 Å². The van der Waals surface area contributed by atoms with Crippen molar-refractivity contribution in [3.8, 4) is 11.4 Å². The van der Waals surface area contributed by atoms with Gasteiger partial charge in [-0.1, -0.05) is 12.1 Å². The molecule has 1 aromatic heterocycles. The van der Waals surface area contributed by atoms with E-state index in [0.29, 0.717) is 15.2 Å². The van der Waals surface area contributed by atoms with Gasteiger partial charge in [0.2, 0.25) is 0 Å². The summed E-state index contributed by atoms with van der Waals surface area (Å²) in [6, 6.07) is 10.1. The van der Waals surface area contributed by atoms with Crippen molar-refractivity contribution in [2.45, 2.75) is 19.0 Å². The minimum atomic E-state index is -4.87. The molecule has 164 valence electrons. The fourth-order valence-electron chi connectivity index (χ4n) is 2.83. The van der Waals surface area contributed by atoms with Gasteiger partial charge in [-0.3, -0.25) is 9.36 Å². The molecule has 0 radical (unpaired) electrons. The summed E-state index contributed by atoms with van der Waals surface area (Å²) in [5, 5.41) is 0. The van der Waals surface area contributed by atoms with Crippen LogP contribution in [0.2, 0.25) is 0 Å². The average Bonchev–Trinajstić information content (AvgIpc) is 2.69. The largest absolute Gasteiger partial charge is 0.489 e. The second-order valence-corrected chi connectivity index (χ2v) is 6.52. The number of alkyl halides is 6. The third-order valence-corrected chi connectivity index (χ3v) is 4.37. The van der Waals surface area contributed by atoms with E-state index >= 15 is 0 Å². The summed E-state index contributed by atoms with van der Waals surface area (Å²) in [4.78, 5) is 24.4. The zero-order valence-corrected chi connectivity index (χ0v) is 15.8. The van der Waals surface area contributed by atoms with Gasteiger partial charge in [-0.15, -0.1) is 0 Å². The van der Waals surface area contributed by atoms with Crippen LogP contribution in [0.5, 0.6) is 5.75 Å². The number of rotatable bonds is 4. The molecule has 0 N–H and O–H groups in total. The molecule has 0 fully saturated rings. The standard InChI is InChI=1S/C20H14F6N2O3/c1-27-16(20(24,25)26)10-17(29)28(18(27)30)14-5-7-15(8-6-14)31-11-12-3-2-4-13(9-12)19(21,22)23/h2-10H,11H2,1H3. The molecular formula is C20H14F6N2O3. The highest BCUT2D eigenvalue weighted by molar-refractivity contribution is 5.38. The summed E-state index contributed by atoms with van der Waals surface area (Å²) < 4.78 is 83.4. The first-order chi connectivity index (χ1) is 14.4. The molecule has 1 heterocycles. The Bertz CT molecular complexity index is 1210. The Morgan fingerprint density at radius 2 is 1.52 bits per heavy atom. The lowest BCUT2D eigenvalue weighted by molar-refractivity contribution is -0.144. The third-order valence-electron chi connectivity index (χ3n) is 4.37. The summed E-state index contributed by atoms with van der Waals surface area (Å²) in [7, 11) is 0.896. The highest BCUT2D eigenvalue weighted by Crippen LogP contribution is 2.30. The highest BCUT2D eigenvalue weighted by atomic mass is 19.4. The van der Waals surface area contributed by atoms with Gasteiger partial charge in [0.05, 0.1) is 11.3 Å². The van der Waals surface area contributed by atoms with Crippen LogP contribution in [0.1, 0.15) is 16.8 Å². The number of hydrogen-bond donors (Lipinski definition) is 0. The van der Waals surface area contributed by atoms with E-state index in [-0.39, 0.29) is 23.6 Å². The van der Waals surface area contributed by atoms with Crippen molar-refractivity contribution in [1.82, 2.24) is 9.13 Å². The molecule has 0 aliphatic heterocycles. The predicted molar refractivity (Wildman–Crippen MR) is 98.1 cm³/mol. The molecule has 3 rings (SSSR count). The summed E-state index contributed by atoms with van der Waals surface area (Å²) >= 11 is 0. The van der Waals surface area contributed by atoms with Gasteiger partial charge in [0.15, 0.2) is 0 Å². The molecule has 0 aliphatic rings. The normalized spacial score (nSPS) is 12.1. The summed E-state index contributed by atoms with van der Waals surface area (Å²) in [5.74, 6) is 0.220. The van der Waals surface area contributed by atoms with Gasteiger partial charge in [0.1, 0.15) is 18.1 Å². The number of aromatic nitrogens is 2. The zero-order valence-electron chi connectivity index (χ0n) is 15.8. The van der Waals surface area contributed by atoms with Crippen LogP contribution in [0, 0.1) is 0 Å². The van der Waals surface area contributed by atoms with Gasteiger partial charge in [-0.25, -0.2) is 9.36 Å². The van der Waals surface area contributed by atoms with Crippen molar-refractivity contribution in [3.05, 3.63) is 92.3 Å². The van der Waals surface area contributed by atoms with E-state index in [1.807, 2.05) is 0 Å². The Labute approximate surface area is 170 Å². The van der Waals surface area contributed by atoms with Crippen LogP contribution < -0.4 is 16.0 Å². The maximum Gasteiger partial charge on any atom is 0.431 e. The molecule has 0 aliphatic carbocycles. The Morgan fingerprint density at radius 1 is 0.871 bits per heavy atom. The summed E-state index contributed by atoms with van der Waals surface area (Å²) in [5.41, 5.74) is -4.26.